The van der Waals surface area contributed by atoms with E-state index in [2.05, 4.69) is 0 Å². The van der Waals surface area contributed by atoms with E-state index in [1.54, 1.807) is 18.2 Å². The molecular weight excluding hydrogens is 196 g/mol. The Morgan fingerprint density at radius 3 is 2.13 bits per heavy atom. The molecule has 0 bridgehead atoms. The van der Waals surface area contributed by atoms with E-state index in [-0.39, 0.29) is 5.56 Å². The first-order valence-electron chi connectivity index (χ1n) is 4.16. The highest BCUT2D eigenvalue weighted by Crippen LogP contribution is 2.01. The summed E-state index contributed by atoms with van der Waals surface area (Å²) in [6.07, 6.45) is 1.39. The van der Waals surface area contributed by atoms with E-state index < -0.39 is 17.5 Å². The third-order valence-electron chi connectivity index (χ3n) is 1.64. The SMILES string of the molecule is O=C(O)/C=C/C(=O)C(=O)c1ccccc1. The Kier molecular flexibility index (Phi) is 3.51. The van der Waals surface area contributed by atoms with Gasteiger partial charge in [-0.15, -0.1) is 0 Å². The normalized spacial score (nSPS) is 10.1. The molecule has 1 aromatic rings. The number of Topliss-reactive ketones (excluding diaryl/α,β-unsaturated/α-hetero) is 1. The van der Waals surface area contributed by atoms with Crippen molar-refractivity contribution < 1.29 is 19.5 Å². The van der Waals surface area contributed by atoms with Gasteiger partial charge in [-0.1, -0.05) is 30.3 Å². The molecule has 0 aliphatic rings. The number of carboxylic acid groups (broad SMARTS) is 1. The lowest BCUT2D eigenvalue weighted by Crippen LogP contribution is -2.11. The van der Waals surface area contributed by atoms with Crippen LogP contribution in [-0.4, -0.2) is 22.6 Å². The summed E-state index contributed by atoms with van der Waals surface area (Å²) < 4.78 is 0. The molecule has 0 heterocycles. The van der Waals surface area contributed by atoms with E-state index in [1.165, 1.54) is 12.1 Å². The van der Waals surface area contributed by atoms with Crippen LogP contribution in [0.1, 0.15) is 10.4 Å². The van der Waals surface area contributed by atoms with E-state index in [1.807, 2.05) is 0 Å². The smallest absolute Gasteiger partial charge is 0.328 e. The Balaban J connectivity index is 2.79. The number of aliphatic carboxylic acids is 1. The van der Waals surface area contributed by atoms with Gasteiger partial charge >= 0.3 is 5.97 Å². The zero-order chi connectivity index (χ0) is 11.3. The van der Waals surface area contributed by atoms with Crippen LogP contribution in [0.25, 0.3) is 0 Å². The van der Waals surface area contributed by atoms with Gasteiger partial charge in [0.15, 0.2) is 0 Å². The molecule has 0 aliphatic heterocycles. The number of benzene rings is 1. The molecule has 0 amide bonds. The van der Waals surface area contributed by atoms with Crippen LogP contribution in [0, 0.1) is 0 Å². The Bertz CT molecular complexity index is 417. The maximum atomic E-state index is 11.4. The molecule has 0 spiro atoms. The van der Waals surface area contributed by atoms with Crippen LogP contribution in [0.3, 0.4) is 0 Å². The average Bonchev–Trinajstić information content (AvgIpc) is 2.26. The Labute approximate surface area is 85.8 Å². The number of hydrogen-bond donors (Lipinski definition) is 1. The fourth-order valence-electron chi connectivity index (χ4n) is 0.954. The summed E-state index contributed by atoms with van der Waals surface area (Å²) in [5, 5.41) is 8.26. The van der Waals surface area contributed by atoms with Crippen LogP contribution in [0.4, 0.5) is 0 Å². The van der Waals surface area contributed by atoms with Crippen LogP contribution in [-0.2, 0) is 9.59 Å². The van der Waals surface area contributed by atoms with Crippen molar-refractivity contribution in [1.29, 1.82) is 0 Å². The minimum Gasteiger partial charge on any atom is -0.478 e. The van der Waals surface area contributed by atoms with Crippen LogP contribution in [0.5, 0.6) is 0 Å². The van der Waals surface area contributed by atoms with Gasteiger partial charge in [0.25, 0.3) is 0 Å². The number of carbonyl (C=O) groups excluding carboxylic acids is 2. The van der Waals surface area contributed by atoms with Crippen LogP contribution >= 0.6 is 0 Å². The van der Waals surface area contributed by atoms with Crippen LogP contribution in [0.2, 0.25) is 0 Å². The molecule has 0 atom stereocenters. The summed E-state index contributed by atoms with van der Waals surface area (Å²) in [4.78, 5) is 32.6. The lowest BCUT2D eigenvalue weighted by atomic mass is 10.1. The fourth-order valence-corrected chi connectivity index (χ4v) is 0.954. The molecule has 0 saturated carbocycles. The van der Waals surface area contributed by atoms with Gasteiger partial charge in [-0.2, -0.15) is 0 Å². The second-order valence-corrected chi connectivity index (χ2v) is 2.73. The molecule has 0 radical (unpaired) electrons. The summed E-state index contributed by atoms with van der Waals surface area (Å²) in [5.74, 6) is -2.82. The third kappa shape index (κ3) is 3.19. The first kappa shape index (κ1) is 10.8. The number of rotatable bonds is 4. The van der Waals surface area contributed by atoms with Gasteiger partial charge in [-0.25, -0.2) is 4.79 Å². The number of carboxylic acids is 1. The van der Waals surface area contributed by atoms with Gasteiger partial charge in [0, 0.05) is 11.6 Å². The zero-order valence-electron chi connectivity index (χ0n) is 7.71. The van der Waals surface area contributed by atoms with E-state index >= 15 is 0 Å². The molecule has 15 heavy (non-hydrogen) atoms. The number of ketones is 2. The second kappa shape index (κ2) is 4.85. The summed E-state index contributed by atoms with van der Waals surface area (Å²) in [6.45, 7) is 0. The van der Waals surface area contributed by atoms with E-state index in [0.717, 1.165) is 6.08 Å². The second-order valence-electron chi connectivity index (χ2n) is 2.73. The van der Waals surface area contributed by atoms with Crippen molar-refractivity contribution >= 4 is 17.5 Å². The molecule has 1 aromatic carbocycles. The molecule has 4 heteroatoms. The molecule has 0 fully saturated rings. The van der Waals surface area contributed by atoms with Crippen molar-refractivity contribution in [2.75, 3.05) is 0 Å². The highest BCUT2D eigenvalue weighted by Gasteiger charge is 2.12. The quantitative estimate of drug-likeness (QED) is 0.452. The van der Waals surface area contributed by atoms with E-state index in [0.29, 0.717) is 6.08 Å². The van der Waals surface area contributed by atoms with Crippen molar-refractivity contribution in [3.8, 4) is 0 Å². The molecule has 0 unspecified atom stereocenters. The predicted octanol–water partition coefficient (Wildman–Crippen LogP) is 1.08. The Hall–Kier alpha value is -2.23. The largest absolute Gasteiger partial charge is 0.478 e. The average molecular weight is 204 g/mol. The minimum atomic E-state index is -1.26. The molecule has 0 aromatic heterocycles. The van der Waals surface area contributed by atoms with Crippen molar-refractivity contribution in [3.63, 3.8) is 0 Å². The summed E-state index contributed by atoms with van der Waals surface area (Å²) in [6, 6.07) is 7.96. The standard InChI is InChI=1S/C11H8O4/c12-9(6-7-10(13)14)11(15)8-4-2-1-3-5-8/h1-7H,(H,13,14)/b7-6+. The van der Waals surface area contributed by atoms with Gasteiger partial charge in [-0.05, 0) is 6.08 Å². The first-order valence-corrected chi connectivity index (χ1v) is 4.16. The number of allylic oxidation sites excluding steroid dienone is 1. The first-order chi connectivity index (χ1) is 7.11. The lowest BCUT2D eigenvalue weighted by Gasteiger charge is -1.94. The zero-order valence-corrected chi connectivity index (χ0v) is 7.71. The van der Waals surface area contributed by atoms with Crippen LogP contribution in [0.15, 0.2) is 42.5 Å². The molecule has 1 rings (SSSR count). The van der Waals surface area contributed by atoms with Crippen molar-refractivity contribution in [2.24, 2.45) is 0 Å². The summed E-state index contributed by atoms with van der Waals surface area (Å²) in [5.41, 5.74) is 0.248. The highest BCUT2D eigenvalue weighted by atomic mass is 16.4. The van der Waals surface area contributed by atoms with E-state index in [9.17, 15) is 14.4 Å². The van der Waals surface area contributed by atoms with Crippen molar-refractivity contribution in [3.05, 3.63) is 48.0 Å². The molecular formula is C11H8O4. The highest BCUT2D eigenvalue weighted by molar-refractivity contribution is 6.47. The minimum absolute atomic E-state index is 0.248. The topological polar surface area (TPSA) is 71.4 Å². The fraction of sp³-hybridized carbons (Fsp3) is 0. The van der Waals surface area contributed by atoms with Gasteiger partial charge in [0.05, 0.1) is 0 Å². The van der Waals surface area contributed by atoms with Crippen LogP contribution < -0.4 is 0 Å². The molecule has 4 nitrogen and oxygen atoms in total. The monoisotopic (exact) mass is 204 g/mol. The maximum Gasteiger partial charge on any atom is 0.328 e. The predicted molar refractivity (Wildman–Crippen MR) is 52.6 cm³/mol. The van der Waals surface area contributed by atoms with Gasteiger partial charge in [-0.3, -0.25) is 9.59 Å². The van der Waals surface area contributed by atoms with E-state index in [4.69, 9.17) is 5.11 Å². The Morgan fingerprint density at radius 2 is 1.60 bits per heavy atom. The molecule has 0 saturated heterocycles. The lowest BCUT2D eigenvalue weighted by molar-refractivity contribution is -0.131. The summed E-state index contributed by atoms with van der Waals surface area (Å²) in [7, 11) is 0. The van der Waals surface area contributed by atoms with Gasteiger partial charge in [0.2, 0.25) is 11.6 Å². The van der Waals surface area contributed by atoms with Gasteiger partial charge in [0.1, 0.15) is 0 Å². The van der Waals surface area contributed by atoms with Crippen molar-refractivity contribution in [2.45, 2.75) is 0 Å². The maximum absolute atomic E-state index is 11.4. The molecule has 0 aliphatic carbocycles. The summed E-state index contributed by atoms with van der Waals surface area (Å²) >= 11 is 0. The molecule has 1 N–H and O–H groups in total. The molecule has 76 valence electrons. The van der Waals surface area contributed by atoms with Gasteiger partial charge < -0.3 is 5.11 Å². The number of hydrogen-bond acceptors (Lipinski definition) is 3. The number of carbonyl (C=O) groups is 3. The third-order valence-corrected chi connectivity index (χ3v) is 1.64. The Morgan fingerprint density at radius 1 is 1.00 bits per heavy atom. The van der Waals surface area contributed by atoms with Crippen molar-refractivity contribution in [1.82, 2.24) is 0 Å².